The third kappa shape index (κ3) is 2.40. The summed E-state index contributed by atoms with van der Waals surface area (Å²) < 4.78 is 27.7. The molecule has 0 radical (unpaired) electrons. The molecule has 0 bridgehead atoms. The molecule has 18 heavy (non-hydrogen) atoms. The normalized spacial score (nSPS) is 11.4. The summed E-state index contributed by atoms with van der Waals surface area (Å²) in [5, 5.41) is 1.12. The van der Waals surface area contributed by atoms with Crippen molar-refractivity contribution in [1.82, 2.24) is 4.98 Å². The van der Waals surface area contributed by atoms with Gasteiger partial charge in [0.05, 0.1) is 11.1 Å². The maximum Gasteiger partial charge on any atom is 0.410 e. The number of hydrogen-bond donors (Lipinski definition) is 1. The molecule has 2 N–H and O–H groups in total. The van der Waals surface area contributed by atoms with Crippen LogP contribution in [0.5, 0.6) is 5.75 Å². The standard InChI is InChI=1S/C11H10N2O4S/c1-18(15,16)8-3-2-7-5-13-6-10(9(7)4-8)17-11(12)14/h2-6H,1H3,(H2,12,14). The summed E-state index contributed by atoms with van der Waals surface area (Å²) in [7, 11) is -3.33. The summed E-state index contributed by atoms with van der Waals surface area (Å²) >= 11 is 0. The Morgan fingerprint density at radius 3 is 2.67 bits per heavy atom. The van der Waals surface area contributed by atoms with E-state index >= 15 is 0 Å². The molecular weight excluding hydrogens is 256 g/mol. The summed E-state index contributed by atoms with van der Waals surface area (Å²) in [6, 6.07) is 4.48. The Labute approximate surface area is 103 Å². The van der Waals surface area contributed by atoms with Crippen molar-refractivity contribution < 1.29 is 17.9 Å². The average Bonchev–Trinajstić information content (AvgIpc) is 2.27. The zero-order valence-corrected chi connectivity index (χ0v) is 10.3. The third-order valence-corrected chi connectivity index (χ3v) is 3.44. The van der Waals surface area contributed by atoms with Gasteiger partial charge in [0.1, 0.15) is 0 Å². The van der Waals surface area contributed by atoms with Gasteiger partial charge in [0.25, 0.3) is 0 Å². The molecule has 0 spiro atoms. The van der Waals surface area contributed by atoms with E-state index < -0.39 is 15.9 Å². The lowest BCUT2D eigenvalue weighted by atomic mass is 10.2. The molecule has 94 valence electrons. The second kappa shape index (κ2) is 4.26. The second-order valence-corrected chi connectivity index (χ2v) is 5.73. The molecule has 2 aromatic rings. The number of sulfone groups is 1. The van der Waals surface area contributed by atoms with Gasteiger partial charge in [-0.1, -0.05) is 6.07 Å². The number of rotatable bonds is 2. The molecule has 7 heteroatoms. The molecule has 0 saturated carbocycles. The highest BCUT2D eigenvalue weighted by atomic mass is 32.2. The van der Waals surface area contributed by atoms with Crippen molar-refractivity contribution >= 4 is 26.7 Å². The van der Waals surface area contributed by atoms with Gasteiger partial charge in [-0.25, -0.2) is 13.2 Å². The molecule has 0 aliphatic rings. The number of benzene rings is 1. The number of nitrogens with zero attached hydrogens (tertiary/aromatic N) is 1. The highest BCUT2D eigenvalue weighted by Crippen LogP contribution is 2.26. The van der Waals surface area contributed by atoms with Crippen molar-refractivity contribution in [3.63, 3.8) is 0 Å². The van der Waals surface area contributed by atoms with Crippen molar-refractivity contribution in [3.05, 3.63) is 30.6 Å². The number of nitrogens with two attached hydrogens (primary N) is 1. The van der Waals surface area contributed by atoms with E-state index in [1.807, 2.05) is 0 Å². The van der Waals surface area contributed by atoms with E-state index in [4.69, 9.17) is 10.5 Å². The van der Waals surface area contributed by atoms with E-state index in [-0.39, 0.29) is 10.6 Å². The van der Waals surface area contributed by atoms with Crippen LogP contribution in [0.1, 0.15) is 0 Å². The number of hydrogen-bond acceptors (Lipinski definition) is 5. The van der Waals surface area contributed by atoms with Gasteiger partial charge in [-0.15, -0.1) is 0 Å². The highest BCUT2D eigenvalue weighted by Gasteiger charge is 2.11. The Morgan fingerprint density at radius 1 is 1.33 bits per heavy atom. The Hall–Kier alpha value is -2.15. The van der Waals surface area contributed by atoms with Crippen LogP contribution in [0.4, 0.5) is 4.79 Å². The molecule has 0 atom stereocenters. The lowest BCUT2D eigenvalue weighted by Gasteiger charge is -2.06. The number of aromatic nitrogens is 1. The average molecular weight is 266 g/mol. The molecule has 0 saturated heterocycles. The molecule has 1 aromatic heterocycles. The van der Waals surface area contributed by atoms with Crippen LogP contribution in [0.25, 0.3) is 10.8 Å². The molecule has 1 amide bonds. The quantitative estimate of drug-likeness (QED) is 0.877. The minimum Gasteiger partial charge on any atom is -0.408 e. The maximum atomic E-state index is 11.5. The number of pyridine rings is 1. The zero-order valence-electron chi connectivity index (χ0n) is 9.45. The summed E-state index contributed by atoms with van der Waals surface area (Å²) in [6.45, 7) is 0. The van der Waals surface area contributed by atoms with Gasteiger partial charge in [-0.2, -0.15) is 0 Å². The minimum absolute atomic E-state index is 0.130. The van der Waals surface area contributed by atoms with Crippen molar-refractivity contribution in [2.75, 3.05) is 6.26 Å². The predicted octanol–water partition coefficient (Wildman–Crippen LogP) is 1.10. The molecule has 0 unspecified atom stereocenters. The van der Waals surface area contributed by atoms with Crippen LogP contribution in [0.15, 0.2) is 35.5 Å². The van der Waals surface area contributed by atoms with Gasteiger partial charge in [-0.3, -0.25) is 4.98 Å². The fraction of sp³-hybridized carbons (Fsp3) is 0.0909. The number of carbonyl (C=O) groups excluding carboxylic acids is 1. The molecule has 0 aliphatic carbocycles. The number of primary amides is 1. The Balaban J connectivity index is 2.69. The van der Waals surface area contributed by atoms with Crippen LogP contribution in [-0.4, -0.2) is 25.8 Å². The van der Waals surface area contributed by atoms with Gasteiger partial charge >= 0.3 is 6.09 Å². The van der Waals surface area contributed by atoms with Gasteiger partial charge in [0.15, 0.2) is 15.6 Å². The zero-order chi connectivity index (χ0) is 13.3. The van der Waals surface area contributed by atoms with Crippen molar-refractivity contribution in [2.24, 2.45) is 5.73 Å². The number of ether oxygens (including phenoxy) is 1. The molecular formula is C11H10N2O4S. The monoisotopic (exact) mass is 266 g/mol. The Kier molecular flexibility index (Phi) is 2.92. The molecule has 6 nitrogen and oxygen atoms in total. The fourth-order valence-corrected chi connectivity index (χ4v) is 2.18. The van der Waals surface area contributed by atoms with Crippen LogP contribution in [0.3, 0.4) is 0 Å². The second-order valence-electron chi connectivity index (χ2n) is 3.71. The number of amides is 1. The van der Waals surface area contributed by atoms with Gasteiger partial charge < -0.3 is 10.5 Å². The van der Waals surface area contributed by atoms with Gasteiger partial charge in [0, 0.05) is 23.2 Å². The summed E-state index contributed by atoms with van der Waals surface area (Å²) in [4.78, 5) is 14.8. The fourth-order valence-electron chi connectivity index (χ4n) is 1.54. The first-order valence-electron chi connectivity index (χ1n) is 4.93. The topological polar surface area (TPSA) is 99.3 Å². The van der Waals surface area contributed by atoms with E-state index in [1.165, 1.54) is 24.5 Å². The number of carbonyl (C=O) groups is 1. The van der Waals surface area contributed by atoms with Gasteiger partial charge in [-0.05, 0) is 12.1 Å². The minimum atomic E-state index is -3.33. The van der Waals surface area contributed by atoms with Gasteiger partial charge in [0.2, 0.25) is 0 Å². The summed E-state index contributed by atoms with van der Waals surface area (Å²) in [5.41, 5.74) is 4.93. The summed E-state index contributed by atoms with van der Waals surface area (Å²) in [6.07, 6.45) is 2.97. The SMILES string of the molecule is CS(=O)(=O)c1ccc2cncc(OC(N)=O)c2c1. The number of fused-ring (bicyclic) bond motifs is 1. The Bertz CT molecular complexity index is 725. The first kappa shape index (κ1) is 12.3. The van der Waals surface area contributed by atoms with Crippen LogP contribution >= 0.6 is 0 Å². The Morgan fingerprint density at radius 2 is 2.06 bits per heavy atom. The lowest BCUT2D eigenvalue weighted by molar-refractivity contribution is 0.211. The maximum absolute atomic E-state index is 11.5. The molecule has 0 fully saturated rings. The molecule has 1 aromatic carbocycles. The van der Waals surface area contributed by atoms with E-state index in [2.05, 4.69) is 4.98 Å². The third-order valence-electron chi connectivity index (χ3n) is 2.33. The molecule has 0 aliphatic heterocycles. The van der Waals surface area contributed by atoms with Crippen molar-refractivity contribution in [1.29, 1.82) is 0 Å². The largest absolute Gasteiger partial charge is 0.410 e. The first-order chi connectivity index (χ1) is 8.38. The van der Waals surface area contributed by atoms with Crippen LogP contribution in [0.2, 0.25) is 0 Å². The van der Waals surface area contributed by atoms with Crippen LogP contribution < -0.4 is 10.5 Å². The van der Waals surface area contributed by atoms with Crippen molar-refractivity contribution in [2.45, 2.75) is 4.90 Å². The van der Waals surface area contributed by atoms with Crippen LogP contribution in [0, 0.1) is 0 Å². The molecule has 1 heterocycles. The lowest BCUT2D eigenvalue weighted by Crippen LogP contribution is -2.16. The van der Waals surface area contributed by atoms with E-state index in [1.54, 1.807) is 6.07 Å². The van der Waals surface area contributed by atoms with Crippen LogP contribution in [-0.2, 0) is 9.84 Å². The van der Waals surface area contributed by atoms with E-state index in [9.17, 15) is 13.2 Å². The van der Waals surface area contributed by atoms with E-state index in [0.29, 0.717) is 10.8 Å². The molecule has 2 rings (SSSR count). The summed E-state index contributed by atoms with van der Waals surface area (Å²) in [5.74, 6) is 0.130. The highest BCUT2D eigenvalue weighted by molar-refractivity contribution is 7.90. The van der Waals surface area contributed by atoms with E-state index in [0.717, 1.165) is 6.26 Å². The first-order valence-corrected chi connectivity index (χ1v) is 6.82. The van der Waals surface area contributed by atoms with Crippen molar-refractivity contribution in [3.8, 4) is 5.75 Å². The predicted molar refractivity (Wildman–Crippen MR) is 65.1 cm³/mol. The smallest absolute Gasteiger partial charge is 0.408 e.